The van der Waals surface area contributed by atoms with Gasteiger partial charge in [-0.3, -0.25) is 0 Å². The van der Waals surface area contributed by atoms with Crippen LogP contribution in [0.5, 0.6) is 0 Å². The van der Waals surface area contributed by atoms with Crippen LogP contribution in [0.4, 0.5) is 34.1 Å². The molecule has 0 amide bonds. The second kappa shape index (κ2) is 14.5. The third-order valence-electron chi connectivity index (χ3n) is 21.3. The molecule has 15 rings (SSSR count). The maximum absolute atomic E-state index is 7.03. The fraction of sp³-hybridized carbons (Fsp3) is 0.371. The Morgan fingerprint density at radius 3 is 1.93 bits per heavy atom. The van der Waals surface area contributed by atoms with Gasteiger partial charge in [0.25, 0.3) is 6.71 Å². The molecule has 4 heterocycles. The van der Waals surface area contributed by atoms with Crippen molar-refractivity contribution in [1.29, 1.82) is 0 Å². The molecule has 2 aliphatic heterocycles. The minimum atomic E-state index is -0.162. The maximum Gasteiger partial charge on any atom is 0.264 e. The number of benzene rings is 7. The highest BCUT2D eigenvalue weighted by atomic mass is 32.1. The van der Waals surface area contributed by atoms with Gasteiger partial charge in [-0.05, 0) is 169 Å². The average molecular weight is 999 g/mol. The lowest BCUT2D eigenvalue weighted by molar-refractivity contribution is 0.0990. The van der Waals surface area contributed by atoms with Crippen LogP contribution in [0.2, 0.25) is 0 Å². The van der Waals surface area contributed by atoms with E-state index in [4.69, 9.17) is 4.42 Å². The number of para-hydroxylation sites is 2. The highest BCUT2D eigenvalue weighted by molar-refractivity contribution is 7.33. The van der Waals surface area contributed by atoms with Crippen LogP contribution in [0.25, 0.3) is 43.2 Å². The summed E-state index contributed by atoms with van der Waals surface area (Å²) < 4.78 is 9.87. The lowest BCUT2D eigenvalue weighted by atomic mass is 9.36. The fourth-order valence-electron chi connectivity index (χ4n) is 16.6. The summed E-state index contributed by atoms with van der Waals surface area (Å²) in [5.74, 6) is 0.683. The monoisotopic (exact) mass is 999 g/mol. The van der Waals surface area contributed by atoms with E-state index in [-0.39, 0.29) is 44.6 Å². The van der Waals surface area contributed by atoms with Gasteiger partial charge in [-0.2, -0.15) is 0 Å². The van der Waals surface area contributed by atoms with Gasteiger partial charge >= 0.3 is 0 Å². The molecular weight excluding hydrogens is 928 g/mol. The van der Waals surface area contributed by atoms with Gasteiger partial charge in [0.2, 0.25) is 0 Å². The van der Waals surface area contributed by atoms with E-state index in [1.807, 2.05) is 0 Å². The summed E-state index contributed by atoms with van der Waals surface area (Å²) in [6, 6.07) is 50.5. The minimum Gasteiger partial charge on any atom is -0.454 e. The van der Waals surface area contributed by atoms with Crippen molar-refractivity contribution in [3.05, 3.63) is 161 Å². The van der Waals surface area contributed by atoms with Gasteiger partial charge in [-0.15, -0.1) is 11.3 Å². The first-order valence-electron chi connectivity index (χ1n) is 28.2. The molecule has 7 aromatic carbocycles. The van der Waals surface area contributed by atoms with E-state index in [1.165, 1.54) is 120 Å². The summed E-state index contributed by atoms with van der Waals surface area (Å²) in [6.45, 7) is 32.2. The normalized spacial score (nSPS) is 23.2. The van der Waals surface area contributed by atoms with E-state index in [9.17, 15) is 0 Å². The van der Waals surface area contributed by atoms with Crippen molar-refractivity contribution in [2.75, 3.05) is 9.80 Å². The summed E-state index contributed by atoms with van der Waals surface area (Å²) in [5, 5.41) is 3.69. The zero-order chi connectivity index (χ0) is 51.9. The van der Waals surface area contributed by atoms with Crippen molar-refractivity contribution in [1.82, 2.24) is 0 Å². The van der Waals surface area contributed by atoms with Crippen molar-refractivity contribution >= 4 is 99.9 Å². The lowest BCUT2D eigenvalue weighted by Gasteiger charge is -2.48. The average Bonchev–Trinajstić information content (AvgIpc) is 4.28. The van der Waals surface area contributed by atoms with E-state index in [1.54, 1.807) is 11.1 Å². The van der Waals surface area contributed by atoms with Crippen LogP contribution in [0.15, 0.2) is 132 Å². The molecule has 4 aliphatic carbocycles. The van der Waals surface area contributed by atoms with Crippen LogP contribution >= 0.6 is 11.3 Å². The number of rotatable bonds is 2. The van der Waals surface area contributed by atoms with Crippen molar-refractivity contribution in [3.8, 4) is 11.1 Å². The van der Waals surface area contributed by atoms with Gasteiger partial charge in [0.15, 0.2) is 5.58 Å². The molecule has 3 unspecified atom stereocenters. The number of nitrogens with zero attached hydrogens (tertiary/aromatic N) is 2. The number of hydrogen-bond acceptors (Lipinski definition) is 4. The molecule has 9 aromatic rings. The SMILES string of the molecule is CC(C)(C)c1ccc2c(c1)B1c3sc4cc5c(cc4c3N(c3cccc4c3-c3ccccc3C43CC4CCC3(C)C4(C)C)c3cc(C(C)(C)C)cc(c31)N2c1cccc2c1oc1ccccc12)C(C)(C)CCC5(C)C. The van der Waals surface area contributed by atoms with Gasteiger partial charge < -0.3 is 14.2 Å². The van der Waals surface area contributed by atoms with Gasteiger partial charge in [0.1, 0.15) is 5.58 Å². The summed E-state index contributed by atoms with van der Waals surface area (Å²) in [5.41, 5.74) is 24.0. The van der Waals surface area contributed by atoms with Crippen LogP contribution in [0.1, 0.15) is 155 Å². The highest BCUT2D eigenvalue weighted by Gasteiger charge is 2.71. The van der Waals surface area contributed by atoms with Crippen molar-refractivity contribution in [2.45, 2.75) is 149 Å². The van der Waals surface area contributed by atoms with Crippen LogP contribution in [-0.2, 0) is 27.1 Å². The number of anilines is 6. The van der Waals surface area contributed by atoms with Gasteiger partial charge in [0, 0.05) is 53.7 Å². The van der Waals surface area contributed by atoms with E-state index in [2.05, 4.69) is 239 Å². The Morgan fingerprint density at radius 1 is 0.560 bits per heavy atom. The molecule has 3 atom stereocenters. The third kappa shape index (κ3) is 5.74. The van der Waals surface area contributed by atoms with Crippen LogP contribution in [0, 0.1) is 16.7 Å². The molecule has 0 N–H and O–H groups in total. The highest BCUT2D eigenvalue weighted by Crippen LogP contribution is 2.78. The molecule has 2 bridgehead atoms. The Balaban J connectivity index is 1.11. The van der Waals surface area contributed by atoms with E-state index in [0.29, 0.717) is 5.92 Å². The summed E-state index contributed by atoms with van der Waals surface area (Å²) in [6.07, 6.45) is 6.15. The molecule has 6 aliphatic rings. The van der Waals surface area contributed by atoms with E-state index in [0.717, 1.165) is 27.6 Å². The van der Waals surface area contributed by atoms with Gasteiger partial charge in [-0.25, -0.2) is 0 Å². The zero-order valence-electron chi connectivity index (χ0n) is 46.5. The first-order valence-corrected chi connectivity index (χ1v) is 29.1. The molecule has 2 fully saturated rings. The molecule has 3 nitrogen and oxygen atoms in total. The first kappa shape index (κ1) is 46.3. The van der Waals surface area contributed by atoms with Gasteiger partial charge in [0.05, 0.1) is 17.1 Å². The molecule has 5 heteroatoms. The predicted molar refractivity (Wildman–Crippen MR) is 321 cm³/mol. The maximum atomic E-state index is 7.03. The Kier molecular flexibility index (Phi) is 8.95. The largest absolute Gasteiger partial charge is 0.454 e. The van der Waals surface area contributed by atoms with E-state index >= 15 is 0 Å². The number of thiophene rings is 1. The summed E-state index contributed by atoms with van der Waals surface area (Å²) in [7, 11) is 0. The van der Waals surface area contributed by atoms with Crippen LogP contribution < -0.4 is 25.5 Å². The quantitative estimate of drug-likeness (QED) is 0.161. The minimum absolute atomic E-state index is 0.00481. The first-order chi connectivity index (χ1) is 35.5. The molecular formula is C70H71BN2OS. The van der Waals surface area contributed by atoms with Crippen molar-refractivity contribution < 1.29 is 4.42 Å². The Hall–Kier alpha value is -6.04. The lowest BCUT2D eigenvalue weighted by Crippen LogP contribution is -2.60. The number of furan rings is 1. The Morgan fingerprint density at radius 2 is 1.21 bits per heavy atom. The standard InChI is InChI=1S/C70H71BN2OS/c1-64(2,3)40-28-29-52-51(34-40)71-60-55(72(52)54-26-18-22-44-43-20-15-17-27-57(43)74-62(44)54)35-42(65(4,5)6)36-56(60)73(61-46-37-49-50(38-58(46)75-63(61)71)67(9,10)33-32-66(49,7)8)53-25-19-24-48-59(53)45-21-14-16-23-47(45)70(48)39-41-30-31-69(70,13)68(41,11)12/h14-29,34-38,41H,30-33,39H2,1-13H3. The Bertz CT molecular complexity index is 4000. The number of fused-ring (bicyclic) bond motifs is 18. The third-order valence-corrected chi connectivity index (χ3v) is 22.5. The molecule has 75 heavy (non-hydrogen) atoms. The topological polar surface area (TPSA) is 19.6 Å². The van der Waals surface area contributed by atoms with E-state index < -0.39 is 0 Å². The molecule has 1 spiro atoms. The van der Waals surface area contributed by atoms with Crippen LogP contribution in [-0.4, -0.2) is 6.71 Å². The molecule has 2 saturated carbocycles. The molecule has 2 aromatic heterocycles. The predicted octanol–water partition coefficient (Wildman–Crippen LogP) is 17.9. The summed E-state index contributed by atoms with van der Waals surface area (Å²) >= 11 is 2.07. The van der Waals surface area contributed by atoms with Crippen LogP contribution in [0.3, 0.4) is 0 Å². The Labute approximate surface area is 449 Å². The molecule has 376 valence electrons. The smallest absolute Gasteiger partial charge is 0.264 e. The second-order valence-corrected chi connectivity index (χ2v) is 29.3. The fourth-order valence-corrected chi connectivity index (χ4v) is 17.9. The van der Waals surface area contributed by atoms with Crippen molar-refractivity contribution in [2.24, 2.45) is 16.7 Å². The van der Waals surface area contributed by atoms with Crippen molar-refractivity contribution in [3.63, 3.8) is 0 Å². The second-order valence-electron chi connectivity index (χ2n) is 28.2. The molecule has 0 saturated heterocycles. The number of hydrogen-bond donors (Lipinski definition) is 0. The van der Waals surface area contributed by atoms with Gasteiger partial charge in [-0.1, -0.05) is 169 Å². The zero-order valence-corrected chi connectivity index (χ0v) is 47.3. The molecule has 0 radical (unpaired) electrons. The summed E-state index contributed by atoms with van der Waals surface area (Å²) in [4.78, 5) is 5.44.